The minimum atomic E-state index is -4.59. The molecule has 0 aliphatic rings. The minimum Gasteiger partial charge on any atom is -0.382 e. The van der Waals surface area contributed by atoms with Gasteiger partial charge in [-0.3, -0.25) is 0 Å². The number of rotatable bonds is 4. The molecule has 0 aromatic carbocycles. The average molecular weight is 237 g/mol. The Labute approximate surface area is 91.1 Å². The molecule has 0 amide bonds. The van der Waals surface area contributed by atoms with Crippen molar-refractivity contribution in [2.24, 2.45) is 7.05 Å². The first kappa shape index (κ1) is 13.0. The summed E-state index contributed by atoms with van der Waals surface area (Å²) in [5.41, 5.74) is 0. The second kappa shape index (κ2) is 4.84. The number of halogens is 3. The number of imidazole rings is 1. The van der Waals surface area contributed by atoms with Crippen LogP contribution in [0.1, 0.15) is 18.8 Å². The highest BCUT2D eigenvalue weighted by molar-refractivity contribution is 4.97. The average Bonchev–Trinajstić information content (AvgIpc) is 2.58. The minimum absolute atomic E-state index is 0.350. The van der Waals surface area contributed by atoms with Crippen molar-refractivity contribution in [1.29, 1.82) is 0 Å². The van der Waals surface area contributed by atoms with Gasteiger partial charge in [0.25, 0.3) is 0 Å². The molecule has 1 aromatic rings. The van der Waals surface area contributed by atoms with Crippen LogP contribution in [0, 0.1) is 0 Å². The van der Waals surface area contributed by atoms with E-state index in [0.717, 1.165) is 0 Å². The summed E-state index contributed by atoms with van der Waals surface area (Å²) in [6.45, 7) is 1.14. The van der Waals surface area contributed by atoms with Crippen LogP contribution in [0.25, 0.3) is 0 Å². The Morgan fingerprint density at radius 3 is 2.62 bits per heavy atom. The highest BCUT2D eigenvalue weighted by Gasteiger charge is 2.38. The van der Waals surface area contributed by atoms with Crippen molar-refractivity contribution in [2.45, 2.75) is 25.2 Å². The van der Waals surface area contributed by atoms with Gasteiger partial charge < -0.3 is 15.0 Å². The van der Waals surface area contributed by atoms with Gasteiger partial charge in [0.15, 0.2) is 6.10 Å². The van der Waals surface area contributed by atoms with E-state index in [1.54, 1.807) is 30.9 Å². The number of aliphatic hydroxyl groups excluding tert-OH is 1. The van der Waals surface area contributed by atoms with Crippen molar-refractivity contribution in [3.8, 4) is 0 Å². The van der Waals surface area contributed by atoms with E-state index < -0.39 is 18.8 Å². The fourth-order valence-corrected chi connectivity index (χ4v) is 1.29. The number of alkyl halides is 3. The van der Waals surface area contributed by atoms with E-state index in [1.807, 2.05) is 0 Å². The van der Waals surface area contributed by atoms with Crippen molar-refractivity contribution in [3.05, 3.63) is 18.2 Å². The Morgan fingerprint density at radius 1 is 1.56 bits per heavy atom. The zero-order valence-electron chi connectivity index (χ0n) is 8.99. The molecule has 1 heterocycles. The third-order valence-corrected chi connectivity index (χ3v) is 2.24. The summed E-state index contributed by atoms with van der Waals surface area (Å²) in [5, 5.41) is 11.4. The van der Waals surface area contributed by atoms with Gasteiger partial charge in [-0.2, -0.15) is 13.2 Å². The fraction of sp³-hybridized carbons (Fsp3) is 0.667. The van der Waals surface area contributed by atoms with Gasteiger partial charge in [-0.25, -0.2) is 4.98 Å². The predicted octanol–water partition coefficient (Wildman–Crippen LogP) is 0.994. The normalized spacial score (nSPS) is 16.1. The van der Waals surface area contributed by atoms with Crippen molar-refractivity contribution in [3.63, 3.8) is 0 Å². The quantitative estimate of drug-likeness (QED) is 0.821. The number of hydrogen-bond donors (Lipinski definition) is 2. The molecule has 0 fully saturated rings. The second-order valence-electron chi connectivity index (χ2n) is 3.58. The van der Waals surface area contributed by atoms with Gasteiger partial charge in [0.05, 0.1) is 6.04 Å². The number of hydrogen-bond acceptors (Lipinski definition) is 3. The standard InChI is InChI=1S/C9H14F3N3O/c1-6(8-13-3-4-15(8)2)14-5-7(16)9(10,11)12/h3-4,6-7,14,16H,5H2,1-2H3. The van der Waals surface area contributed by atoms with E-state index in [4.69, 9.17) is 5.11 Å². The van der Waals surface area contributed by atoms with E-state index in [0.29, 0.717) is 5.82 Å². The Morgan fingerprint density at radius 2 is 2.19 bits per heavy atom. The molecule has 1 rings (SSSR count). The van der Waals surface area contributed by atoms with Crippen LogP contribution >= 0.6 is 0 Å². The van der Waals surface area contributed by atoms with Gasteiger partial charge in [0, 0.05) is 26.0 Å². The summed E-state index contributed by atoms with van der Waals surface area (Å²) in [6, 6.07) is -0.350. The number of nitrogens with one attached hydrogen (secondary N) is 1. The molecule has 0 saturated carbocycles. The summed E-state index contributed by atoms with van der Waals surface area (Å²) >= 11 is 0. The van der Waals surface area contributed by atoms with Gasteiger partial charge in [0.1, 0.15) is 5.82 Å². The predicted molar refractivity (Wildman–Crippen MR) is 51.7 cm³/mol. The molecule has 2 atom stereocenters. The number of aromatic nitrogens is 2. The zero-order valence-corrected chi connectivity index (χ0v) is 8.99. The molecule has 1 aromatic heterocycles. The molecule has 7 heteroatoms. The van der Waals surface area contributed by atoms with Gasteiger partial charge in [-0.15, -0.1) is 0 Å². The zero-order chi connectivity index (χ0) is 12.3. The Kier molecular flexibility index (Phi) is 3.93. The molecule has 4 nitrogen and oxygen atoms in total. The van der Waals surface area contributed by atoms with Crippen molar-refractivity contribution in [2.75, 3.05) is 6.54 Å². The van der Waals surface area contributed by atoms with Crippen LogP contribution in [0.4, 0.5) is 13.2 Å². The van der Waals surface area contributed by atoms with Crippen LogP contribution in [0.2, 0.25) is 0 Å². The SMILES string of the molecule is CC(NCC(O)C(F)(F)F)c1nccn1C. The first-order valence-electron chi connectivity index (χ1n) is 4.77. The van der Waals surface area contributed by atoms with E-state index in [1.165, 1.54) is 0 Å². The van der Waals surface area contributed by atoms with Gasteiger partial charge >= 0.3 is 6.18 Å². The first-order valence-corrected chi connectivity index (χ1v) is 4.77. The second-order valence-corrected chi connectivity index (χ2v) is 3.58. The van der Waals surface area contributed by atoms with Crippen molar-refractivity contribution < 1.29 is 18.3 Å². The van der Waals surface area contributed by atoms with Gasteiger partial charge in [-0.05, 0) is 6.92 Å². The lowest BCUT2D eigenvalue weighted by atomic mass is 10.2. The van der Waals surface area contributed by atoms with E-state index in [9.17, 15) is 13.2 Å². The Balaban J connectivity index is 2.48. The van der Waals surface area contributed by atoms with Crippen LogP contribution in [-0.4, -0.2) is 33.5 Å². The Hall–Kier alpha value is -1.08. The molecule has 0 aliphatic heterocycles. The topological polar surface area (TPSA) is 50.1 Å². The maximum atomic E-state index is 12.0. The van der Waals surface area contributed by atoms with Crippen LogP contribution in [0.15, 0.2) is 12.4 Å². The molecule has 16 heavy (non-hydrogen) atoms. The van der Waals surface area contributed by atoms with Crippen molar-refractivity contribution in [1.82, 2.24) is 14.9 Å². The van der Waals surface area contributed by atoms with E-state index >= 15 is 0 Å². The van der Waals surface area contributed by atoms with Crippen LogP contribution < -0.4 is 5.32 Å². The molecule has 92 valence electrons. The maximum absolute atomic E-state index is 12.0. The molecule has 0 saturated heterocycles. The maximum Gasteiger partial charge on any atom is 0.415 e. The van der Waals surface area contributed by atoms with Crippen LogP contribution in [-0.2, 0) is 7.05 Å². The summed E-state index contributed by atoms with van der Waals surface area (Å²) in [7, 11) is 1.75. The summed E-state index contributed by atoms with van der Waals surface area (Å²) < 4.78 is 37.7. The first-order chi connectivity index (χ1) is 7.32. The lowest BCUT2D eigenvalue weighted by Gasteiger charge is -2.18. The Bertz CT molecular complexity index is 337. The summed E-state index contributed by atoms with van der Waals surface area (Å²) in [6.07, 6.45) is -3.68. The molecule has 0 bridgehead atoms. The van der Waals surface area contributed by atoms with Crippen LogP contribution in [0.3, 0.4) is 0 Å². The number of aryl methyl sites for hydroxylation is 1. The van der Waals surface area contributed by atoms with Gasteiger partial charge in [0.2, 0.25) is 0 Å². The lowest BCUT2D eigenvalue weighted by Crippen LogP contribution is -2.39. The molecule has 0 aliphatic carbocycles. The smallest absolute Gasteiger partial charge is 0.382 e. The lowest BCUT2D eigenvalue weighted by molar-refractivity contribution is -0.202. The fourth-order valence-electron chi connectivity index (χ4n) is 1.29. The number of nitrogens with zero attached hydrogens (tertiary/aromatic N) is 2. The van der Waals surface area contributed by atoms with E-state index in [2.05, 4.69) is 10.3 Å². The van der Waals surface area contributed by atoms with Crippen LogP contribution in [0.5, 0.6) is 0 Å². The third-order valence-electron chi connectivity index (χ3n) is 2.24. The molecule has 2 N–H and O–H groups in total. The monoisotopic (exact) mass is 237 g/mol. The third kappa shape index (κ3) is 3.21. The van der Waals surface area contributed by atoms with Gasteiger partial charge in [-0.1, -0.05) is 0 Å². The molecular weight excluding hydrogens is 223 g/mol. The molecule has 0 radical (unpaired) electrons. The molecular formula is C9H14F3N3O. The number of aliphatic hydroxyl groups is 1. The summed E-state index contributed by atoms with van der Waals surface area (Å²) in [5.74, 6) is 0.620. The molecule has 2 unspecified atom stereocenters. The highest BCUT2D eigenvalue weighted by atomic mass is 19.4. The summed E-state index contributed by atoms with van der Waals surface area (Å²) in [4.78, 5) is 3.99. The van der Waals surface area contributed by atoms with E-state index in [-0.39, 0.29) is 6.04 Å². The molecule has 0 spiro atoms. The largest absolute Gasteiger partial charge is 0.415 e. The van der Waals surface area contributed by atoms with Crippen molar-refractivity contribution >= 4 is 0 Å². The highest BCUT2D eigenvalue weighted by Crippen LogP contribution is 2.20.